The molecule has 0 saturated carbocycles. The molecule has 0 aliphatic rings. The van der Waals surface area contributed by atoms with Gasteiger partial charge < -0.3 is 5.32 Å². The van der Waals surface area contributed by atoms with E-state index in [0.717, 1.165) is 42.1 Å². The highest BCUT2D eigenvalue weighted by Gasteiger charge is 2.11. The van der Waals surface area contributed by atoms with Gasteiger partial charge in [-0.15, -0.1) is 11.8 Å². The fraction of sp³-hybridized carbons (Fsp3) is 0.0714. The Bertz CT molecular complexity index is 678. The summed E-state index contributed by atoms with van der Waals surface area (Å²) in [6, 6.07) is 5.59. The molecule has 2 rings (SSSR count). The van der Waals surface area contributed by atoms with Crippen LogP contribution in [0.1, 0.15) is 0 Å². The largest absolute Gasteiger partial charge is 0.323 e. The molecule has 110 valence electrons. The number of benzene rings is 2. The lowest BCUT2D eigenvalue weighted by Crippen LogP contribution is -2.15. The zero-order valence-electron chi connectivity index (χ0n) is 10.5. The maximum Gasteiger partial charge on any atom is 0.234 e. The first-order chi connectivity index (χ1) is 9.95. The van der Waals surface area contributed by atoms with Crippen LogP contribution < -0.4 is 5.32 Å². The molecule has 0 aliphatic carbocycles. The molecule has 7 heteroatoms. The standard InChI is InChI=1S/C14H9F4NOS/c15-8-2-4-12(11(18)5-8)19-14(20)7-21-13-6-9(16)1-3-10(13)17/h1-6H,7H2,(H,19,20). The van der Waals surface area contributed by atoms with Gasteiger partial charge in [0, 0.05) is 11.0 Å². The minimum atomic E-state index is -0.912. The average molecular weight is 315 g/mol. The zero-order chi connectivity index (χ0) is 15.4. The summed E-state index contributed by atoms with van der Waals surface area (Å²) >= 11 is 0.774. The third-order valence-electron chi connectivity index (χ3n) is 2.46. The summed E-state index contributed by atoms with van der Waals surface area (Å²) in [6.07, 6.45) is 0. The predicted molar refractivity (Wildman–Crippen MR) is 72.1 cm³/mol. The normalized spacial score (nSPS) is 10.5. The Balaban J connectivity index is 1.97. The van der Waals surface area contributed by atoms with Crippen LogP contribution in [0.25, 0.3) is 0 Å². The van der Waals surface area contributed by atoms with Crippen LogP contribution >= 0.6 is 11.8 Å². The summed E-state index contributed by atoms with van der Waals surface area (Å²) in [5.74, 6) is -3.80. The van der Waals surface area contributed by atoms with Gasteiger partial charge in [0.15, 0.2) is 0 Å². The molecule has 0 heterocycles. The summed E-state index contributed by atoms with van der Waals surface area (Å²) < 4.78 is 52.3. The number of nitrogens with one attached hydrogen (secondary N) is 1. The number of anilines is 1. The molecule has 0 aliphatic heterocycles. The number of amides is 1. The molecule has 2 aromatic carbocycles. The molecule has 0 unspecified atom stereocenters. The monoisotopic (exact) mass is 315 g/mol. The van der Waals surface area contributed by atoms with E-state index in [-0.39, 0.29) is 16.3 Å². The molecule has 0 atom stereocenters. The van der Waals surface area contributed by atoms with Gasteiger partial charge in [-0.25, -0.2) is 17.6 Å². The number of hydrogen-bond acceptors (Lipinski definition) is 2. The summed E-state index contributed by atoms with van der Waals surface area (Å²) in [6.45, 7) is 0. The van der Waals surface area contributed by atoms with Crippen molar-refractivity contribution < 1.29 is 22.4 Å². The first-order valence-electron chi connectivity index (χ1n) is 5.78. The second-order valence-electron chi connectivity index (χ2n) is 4.04. The fourth-order valence-electron chi connectivity index (χ4n) is 1.51. The number of halogens is 4. The molecule has 0 spiro atoms. The van der Waals surface area contributed by atoms with E-state index in [1.54, 1.807) is 0 Å². The van der Waals surface area contributed by atoms with Crippen molar-refractivity contribution in [3.05, 3.63) is 59.7 Å². The van der Waals surface area contributed by atoms with Crippen LogP contribution in [0.2, 0.25) is 0 Å². The van der Waals surface area contributed by atoms with Crippen molar-refractivity contribution in [1.29, 1.82) is 0 Å². The molecule has 2 aromatic rings. The van der Waals surface area contributed by atoms with Crippen molar-refractivity contribution >= 4 is 23.4 Å². The zero-order valence-corrected chi connectivity index (χ0v) is 11.3. The molecule has 0 bridgehead atoms. The van der Waals surface area contributed by atoms with Gasteiger partial charge >= 0.3 is 0 Å². The van der Waals surface area contributed by atoms with E-state index < -0.39 is 29.2 Å². The number of rotatable bonds is 4. The van der Waals surface area contributed by atoms with Gasteiger partial charge in [-0.05, 0) is 30.3 Å². The van der Waals surface area contributed by atoms with E-state index in [2.05, 4.69) is 5.32 Å². The van der Waals surface area contributed by atoms with Crippen LogP contribution in [0.5, 0.6) is 0 Å². The first-order valence-corrected chi connectivity index (χ1v) is 6.77. The van der Waals surface area contributed by atoms with Crippen LogP contribution in [-0.4, -0.2) is 11.7 Å². The van der Waals surface area contributed by atoms with Gasteiger partial charge in [0.2, 0.25) is 5.91 Å². The van der Waals surface area contributed by atoms with Gasteiger partial charge in [-0.2, -0.15) is 0 Å². The highest BCUT2D eigenvalue weighted by molar-refractivity contribution is 8.00. The summed E-state index contributed by atoms with van der Waals surface area (Å²) in [5, 5.41) is 2.22. The lowest BCUT2D eigenvalue weighted by molar-refractivity contribution is -0.113. The van der Waals surface area contributed by atoms with Crippen molar-refractivity contribution in [1.82, 2.24) is 0 Å². The quantitative estimate of drug-likeness (QED) is 0.683. The molecule has 21 heavy (non-hydrogen) atoms. The molecule has 0 fully saturated rings. The van der Waals surface area contributed by atoms with Crippen molar-refractivity contribution in [2.45, 2.75) is 4.90 Å². The highest BCUT2D eigenvalue weighted by Crippen LogP contribution is 2.23. The smallest absolute Gasteiger partial charge is 0.234 e. The summed E-state index contributed by atoms with van der Waals surface area (Å²) in [7, 11) is 0. The Labute approximate surface area is 122 Å². The third kappa shape index (κ3) is 4.22. The third-order valence-corrected chi connectivity index (χ3v) is 3.49. The topological polar surface area (TPSA) is 29.1 Å². The Hall–Kier alpha value is -2.02. The fourth-order valence-corrected chi connectivity index (χ4v) is 2.27. The summed E-state index contributed by atoms with van der Waals surface area (Å²) in [5.41, 5.74) is -0.179. The molecule has 0 radical (unpaired) electrons. The molecule has 2 nitrogen and oxygen atoms in total. The highest BCUT2D eigenvalue weighted by atomic mass is 32.2. The number of carbonyl (C=O) groups is 1. The molecule has 1 N–H and O–H groups in total. The number of carbonyl (C=O) groups excluding carboxylic acids is 1. The Kier molecular flexibility index (Phi) is 4.85. The number of thioether (sulfide) groups is 1. The maximum atomic E-state index is 13.3. The van der Waals surface area contributed by atoms with Gasteiger partial charge in [0.05, 0.1) is 11.4 Å². The Morgan fingerprint density at radius 2 is 1.62 bits per heavy atom. The Morgan fingerprint density at radius 1 is 0.952 bits per heavy atom. The van der Waals surface area contributed by atoms with Gasteiger partial charge in [-0.1, -0.05) is 0 Å². The van der Waals surface area contributed by atoms with Crippen LogP contribution in [-0.2, 0) is 4.79 Å². The lowest BCUT2D eigenvalue weighted by Gasteiger charge is -2.07. The average Bonchev–Trinajstić information content (AvgIpc) is 2.43. The minimum absolute atomic E-state index is 0.0234. The molecular weight excluding hydrogens is 306 g/mol. The molecule has 0 saturated heterocycles. The second kappa shape index (κ2) is 6.62. The molecule has 1 amide bonds. The van der Waals surface area contributed by atoms with Crippen LogP contribution in [0.3, 0.4) is 0 Å². The second-order valence-corrected chi connectivity index (χ2v) is 5.05. The van der Waals surface area contributed by atoms with Crippen LogP contribution in [0, 0.1) is 23.3 Å². The van der Waals surface area contributed by atoms with Crippen molar-refractivity contribution in [3.63, 3.8) is 0 Å². The molecule has 0 aromatic heterocycles. The van der Waals surface area contributed by atoms with E-state index in [9.17, 15) is 22.4 Å². The van der Waals surface area contributed by atoms with Crippen molar-refractivity contribution in [2.75, 3.05) is 11.1 Å². The van der Waals surface area contributed by atoms with Gasteiger partial charge in [0.1, 0.15) is 23.3 Å². The Morgan fingerprint density at radius 3 is 2.33 bits per heavy atom. The van der Waals surface area contributed by atoms with Crippen molar-refractivity contribution in [3.8, 4) is 0 Å². The van der Waals surface area contributed by atoms with Crippen molar-refractivity contribution in [2.24, 2.45) is 0 Å². The van der Waals surface area contributed by atoms with E-state index in [1.165, 1.54) is 0 Å². The van der Waals surface area contributed by atoms with E-state index in [4.69, 9.17) is 0 Å². The first kappa shape index (κ1) is 15.4. The molecular formula is C14H9F4NOS. The van der Waals surface area contributed by atoms with E-state index in [0.29, 0.717) is 6.07 Å². The summed E-state index contributed by atoms with van der Waals surface area (Å²) in [4.78, 5) is 11.6. The van der Waals surface area contributed by atoms with Crippen LogP contribution in [0.15, 0.2) is 41.3 Å². The SMILES string of the molecule is O=C(CSc1cc(F)ccc1F)Nc1ccc(F)cc1F. The number of hydrogen-bond donors (Lipinski definition) is 1. The van der Waals surface area contributed by atoms with Crippen LogP contribution in [0.4, 0.5) is 23.2 Å². The van der Waals surface area contributed by atoms with Gasteiger partial charge in [-0.3, -0.25) is 4.79 Å². The van der Waals surface area contributed by atoms with E-state index in [1.807, 2.05) is 0 Å². The van der Waals surface area contributed by atoms with E-state index >= 15 is 0 Å². The maximum absolute atomic E-state index is 13.3. The lowest BCUT2D eigenvalue weighted by atomic mass is 10.3. The minimum Gasteiger partial charge on any atom is -0.323 e. The van der Waals surface area contributed by atoms with Gasteiger partial charge in [0.25, 0.3) is 0 Å². The predicted octanol–water partition coefficient (Wildman–Crippen LogP) is 3.97.